The zero-order valence-corrected chi connectivity index (χ0v) is 11.4. The number of rotatable bonds is 5. The summed E-state index contributed by atoms with van der Waals surface area (Å²) < 4.78 is 7.03. The third-order valence-electron chi connectivity index (χ3n) is 2.81. The zero-order chi connectivity index (χ0) is 14.5. The topological polar surface area (TPSA) is 84.0 Å². The van der Waals surface area contributed by atoms with Crippen molar-refractivity contribution in [2.45, 2.75) is 26.5 Å². The fourth-order valence-electron chi connectivity index (χ4n) is 1.75. The first-order valence-corrected chi connectivity index (χ1v) is 6.26. The third-order valence-corrected chi connectivity index (χ3v) is 2.81. The van der Waals surface area contributed by atoms with Crippen molar-refractivity contribution >= 4 is 0 Å². The van der Waals surface area contributed by atoms with Crippen LogP contribution in [0.4, 0.5) is 0 Å². The van der Waals surface area contributed by atoms with Crippen molar-refractivity contribution < 1.29 is 9.84 Å². The highest BCUT2D eigenvalue weighted by molar-refractivity contribution is 5.35. The fraction of sp³-hybridized carbons (Fsp3) is 0.357. The predicted octanol–water partition coefficient (Wildman–Crippen LogP) is 1.21. The lowest BCUT2D eigenvalue weighted by Crippen LogP contribution is -2.24. The van der Waals surface area contributed by atoms with Crippen LogP contribution in [0.15, 0.2) is 24.5 Å². The number of nitrogens with zero attached hydrogens (tertiary/aromatic N) is 4. The maximum atomic E-state index is 9.91. The average Bonchev–Trinajstić information content (AvgIpc) is 2.87. The third kappa shape index (κ3) is 3.56. The number of hydrogen-bond acceptors (Lipinski definition) is 5. The van der Waals surface area contributed by atoms with E-state index in [0.717, 1.165) is 16.9 Å². The Labute approximate surface area is 117 Å². The Hall–Kier alpha value is -2.39. The summed E-state index contributed by atoms with van der Waals surface area (Å²) in [6.45, 7) is 4.34. The molecule has 6 nitrogen and oxygen atoms in total. The molecule has 0 bridgehead atoms. The Morgan fingerprint density at radius 2 is 2.25 bits per heavy atom. The minimum atomic E-state index is -0.719. The minimum absolute atomic E-state index is 0.0904. The summed E-state index contributed by atoms with van der Waals surface area (Å²) in [4.78, 5) is 3.77. The molecule has 0 saturated carbocycles. The Morgan fingerprint density at radius 3 is 2.95 bits per heavy atom. The monoisotopic (exact) mass is 272 g/mol. The number of ether oxygens (including phenoxy) is 1. The zero-order valence-electron chi connectivity index (χ0n) is 11.4. The van der Waals surface area contributed by atoms with E-state index in [1.807, 2.05) is 38.1 Å². The van der Waals surface area contributed by atoms with Gasteiger partial charge >= 0.3 is 0 Å². The highest BCUT2D eigenvalue weighted by Gasteiger charge is 2.09. The molecule has 20 heavy (non-hydrogen) atoms. The van der Waals surface area contributed by atoms with Crippen LogP contribution in [0.5, 0.6) is 5.75 Å². The van der Waals surface area contributed by atoms with E-state index in [1.165, 1.54) is 11.0 Å². The maximum Gasteiger partial charge on any atom is 0.252 e. The molecule has 0 aliphatic carbocycles. The van der Waals surface area contributed by atoms with Crippen LogP contribution < -0.4 is 4.74 Å². The summed E-state index contributed by atoms with van der Waals surface area (Å²) in [6, 6.07) is 7.76. The predicted molar refractivity (Wildman–Crippen MR) is 72.2 cm³/mol. The van der Waals surface area contributed by atoms with Gasteiger partial charge in [-0.25, -0.2) is 9.67 Å². The molecule has 1 unspecified atom stereocenters. The van der Waals surface area contributed by atoms with Crippen LogP contribution in [0.1, 0.15) is 17.0 Å². The van der Waals surface area contributed by atoms with Crippen molar-refractivity contribution in [3.63, 3.8) is 0 Å². The second kappa shape index (κ2) is 6.17. The van der Waals surface area contributed by atoms with Crippen molar-refractivity contribution in [1.82, 2.24) is 14.8 Å². The molecule has 104 valence electrons. The van der Waals surface area contributed by atoms with Crippen molar-refractivity contribution in [2.24, 2.45) is 0 Å². The average molecular weight is 272 g/mol. The van der Waals surface area contributed by atoms with Gasteiger partial charge in [0.15, 0.2) is 0 Å². The largest absolute Gasteiger partial charge is 0.491 e. The van der Waals surface area contributed by atoms with E-state index >= 15 is 0 Å². The van der Waals surface area contributed by atoms with Crippen LogP contribution in [-0.2, 0) is 6.54 Å². The summed E-state index contributed by atoms with van der Waals surface area (Å²) in [5.41, 5.74) is 2.13. The molecule has 0 aliphatic rings. The number of aliphatic hydroxyl groups excluding tert-OH is 1. The second-order valence-electron chi connectivity index (χ2n) is 4.64. The van der Waals surface area contributed by atoms with Crippen LogP contribution in [-0.4, -0.2) is 32.6 Å². The highest BCUT2D eigenvalue weighted by atomic mass is 16.5. The van der Waals surface area contributed by atoms with Gasteiger partial charge in [0.1, 0.15) is 30.9 Å². The van der Waals surface area contributed by atoms with Gasteiger partial charge in [-0.1, -0.05) is 12.1 Å². The summed E-state index contributed by atoms with van der Waals surface area (Å²) in [5.74, 6) is 0.855. The molecule has 0 radical (unpaired) electrons. The van der Waals surface area contributed by atoms with Gasteiger partial charge in [0.2, 0.25) is 0 Å². The molecule has 0 spiro atoms. The van der Waals surface area contributed by atoms with Crippen LogP contribution in [0, 0.1) is 25.2 Å². The lowest BCUT2D eigenvalue weighted by Gasteiger charge is -2.14. The van der Waals surface area contributed by atoms with Crippen molar-refractivity contribution in [2.75, 3.05) is 6.61 Å². The molecule has 1 heterocycles. The van der Waals surface area contributed by atoms with Crippen LogP contribution in [0.2, 0.25) is 0 Å². The van der Waals surface area contributed by atoms with Crippen molar-refractivity contribution in [3.8, 4) is 11.8 Å². The second-order valence-corrected chi connectivity index (χ2v) is 4.64. The van der Waals surface area contributed by atoms with Gasteiger partial charge in [0.25, 0.3) is 5.82 Å². The van der Waals surface area contributed by atoms with Crippen molar-refractivity contribution in [3.05, 3.63) is 41.5 Å². The number of hydrogen-bond donors (Lipinski definition) is 1. The van der Waals surface area contributed by atoms with Gasteiger partial charge in [-0.05, 0) is 31.0 Å². The number of aryl methyl sites for hydroxylation is 2. The number of nitriles is 1. The van der Waals surface area contributed by atoms with Gasteiger partial charge < -0.3 is 9.84 Å². The molecule has 1 atom stereocenters. The van der Waals surface area contributed by atoms with E-state index in [4.69, 9.17) is 10.00 Å². The first-order valence-electron chi connectivity index (χ1n) is 6.26. The molecule has 2 aromatic rings. The molecule has 6 heteroatoms. The Balaban J connectivity index is 1.90. The normalized spacial score (nSPS) is 11.9. The highest BCUT2D eigenvalue weighted by Crippen LogP contribution is 2.19. The molecule has 0 amide bonds. The Bertz CT molecular complexity index is 630. The Kier molecular flexibility index (Phi) is 4.33. The molecule has 2 rings (SSSR count). The Morgan fingerprint density at radius 1 is 1.45 bits per heavy atom. The summed E-state index contributed by atoms with van der Waals surface area (Å²) >= 11 is 0. The van der Waals surface area contributed by atoms with E-state index in [1.54, 1.807) is 0 Å². The summed E-state index contributed by atoms with van der Waals surface area (Å²) in [6.07, 6.45) is 0.697. The van der Waals surface area contributed by atoms with Gasteiger partial charge in [-0.3, -0.25) is 0 Å². The van der Waals surface area contributed by atoms with E-state index < -0.39 is 6.10 Å². The van der Waals surface area contributed by atoms with Crippen LogP contribution in [0.25, 0.3) is 0 Å². The van der Waals surface area contributed by atoms with E-state index in [0.29, 0.717) is 0 Å². The van der Waals surface area contributed by atoms with Crippen molar-refractivity contribution in [1.29, 1.82) is 5.26 Å². The molecular formula is C14H16N4O2. The van der Waals surface area contributed by atoms with E-state index in [-0.39, 0.29) is 19.0 Å². The molecule has 0 saturated heterocycles. The minimum Gasteiger partial charge on any atom is -0.491 e. The number of aromatic nitrogens is 3. The molecular weight excluding hydrogens is 256 g/mol. The van der Waals surface area contributed by atoms with Gasteiger partial charge in [0, 0.05) is 0 Å². The van der Waals surface area contributed by atoms with Gasteiger partial charge in [-0.15, -0.1) is 5.10 Å². The lowest BCUT2D eigenvalue weighted by atomic mass is 10.1. The first kappa shape index (κ1) is 14.0. The SMILES string of the molecule is Cc1ccc(C)c(OCC(O)Cn2cnc(C#N)n2)c1. The molecule has 1 N–H and O–H groups in total. The van der Waals surface area contributed by atoms with Crippen LogP contribution >= 0.6 is 0 Å². The lowest BCUT2D eigenvalue weighted by molar-refractivity contribution is 0.0889. The number of aliphatic hydroxyl groups is 1. The summed E-state index contributed by atoms with van der Waals surface area (Å²) in [7, 11) is 0. The fourth-order valence-corrected chi connectivity index (χ4v) is 1.75. The van der Waals surface area contributed by atoms with E-state index in [2.05, 4.69) is 10.1 Å². The molecule has 0 fully saturated rings. The maximum absolute atomic E-state index is 9.91. The molecule has 0 aliphatic heterocycles. The number of benzene rings is 1. The quantitative estimate of drug-likeness (QED) is 0.884. The molecule has 1 aromatic heterocycles. The van der Waals surface area contributed by atoms with E-state index in [9.17, 15) is 5.11 Å². The molecule has 1 aromatic carbocycles. The van der Waals surface area contributed by atoms with Gasteiger partial charge in [0.05, 0.1) is 6.54 Å². The standard InChI is InChI=1S/C14H16N4O2/c1-10-3-4-11(2)13(5-10)20-8-12(19)7-18-9-16-14(6-15)17-18/h3-5,9,12,19H,7-8H2,1-2H3. The van der Waals surface area contributed by atoms with Gasteiger partial charge in [-0.2, -0.15) is 5.26 Å². The first-order chi connectivity index (χ1) is 9.58. The smallest absolute Gasteiger partial charge is 0.252 e. The van der Waals surface area contributed by atoms with Crippen LogP contribution in [0.3, 0.4) is 0 Å². The summed E-state index contributed by atoms with van der Waals surface area (Å²) in [5, 5.41) is 22.4.